The first kappa shape index (κ1) is 12.2. The maximum Gasteiger partial charge on any atom is 0.224 e. The summed E-state index contributed by atoms with van der Waals surface area (Å²) in [5.41, 5.74) is 1.33. The van der Waals surface area contributed by atoms with E-state index >= 15 is 0 Å². The maximum absolute atomic E-state index is 13.5. The summed E-state index contributed by atoms with van der Waals surface area (Å²) >= 11 is 0. The van der Waals surface area contributed by atoms with Crippen LogP contribution in [0.1, 0.15) is 31.2 Å². The SMILES string of the molecule is O=C(Cc1c[nH]c2c(F)cccc12)NC1CCCC1. The molecular weight excluding hydrogens is 243 g/mol. The average Bonchev–Trinajstić information content (AvgIpc) is 3.01. The number of hydrogen-bond acceptors (Lipinski definition) is 1. The predicted molar refractivity (Wildman–Crippen MR) is 72.4 cm³/mol. The minimum Gasteiger partial charge on any atom is -0.359 e. The molecule has 0 unspecified atom stereocenters. The molecule has 1 aliphatic rings. The monoisotopic (exact) mass is 260 g/mol. The topological polar surface area (TPSA) is 44.9 Å². The Bertz CT molecular complexity index is 599. The lowest BCUT2D eigenvalue weighted by molar-refractivity contribution is -0.121. The van der Waals surface area contributed by atoms with Crippen molar-refractivity contribution in [2.45, 2.75) is 38.1 Å². The van der Waals surface area contributed by atoms with E-state index < -0.39 is 0 Å². The van der Waals surface area contributed by atoms with Crippen molar-refractivity contribution in [1.82, 2.24) is 10.3 Å². The van der Waals surface area contributed by atoms with Crippen molar-refractivity contribution < 1.29 is 9.18 Å². The molecule has 0 radical (unpaired) electrons. The highest BCUT2D eigenvalue weighted by Crippen LogP contribution is 2.22. The van der Waals surface area contributed by atoms with Gasteiger partial charge >= 0.3 is 0 Å². The van der Waals surface area contributed by atoms with Crippen LogP contribution in [0.25, 0.3) is 10.9 Å². The summed E-state index contributed by atoms with van der Waals surface area (Å²) in [5, 5.41) is 3.84. The van der Waals surface area contributed by atoms with Crippen molar-refractivity contribution in [2.24, 2.45) is 0 Å². The lowest BCUT2D eigenvalue weighted by atomic mass is 10.1. The molecule has 100 valence electrons. The predicted octanol–water partition coefficient (Wildman–Crippen LogP) is 2.91. The number of amides is 1. The van der Waals surface area contributed by atoms with Gasteiger partial charge in [-0.05, 0) is 24.5 Å². The molecule has 1 aromatic heterocycles. The van der Waals surface area contributed by atoms with Crippen LogP contribution in [0.5, 0.6) is 0 Å². The number of hydrogen-bond donors (Lipinski definition) is 2. The van der Waals surface area contributed by atoms with Gasteiger partial charge in [-0.25, -0.2) is 4.39 Å². The molecule has 19 heavy (non-hydrogen) atoms. The molecular formula is C15H17FN2O. The summed E-state index contributed by atoms with van der Waals surface area (Å²) in [6.07, 6.45) is 6.58. The Labute approximate surface area is 111 Å². The van der Waals surface area contributed by atoms with E-state index in [4.69, 9.17) is 0 Å². The fourth-order valence-electron chi connectivity index (χ4n) is 2.84. The number of para-hydroxylation sites is 1. The van der Waals surface area contributed by atoms with Gasteiger partial charge in [0.25, 0.3) is 0 Å². The minimum atomic E-state index is -0.278. The smallest absolute Gasteiger partial charge is 0.224 e. The molecule has 1 aliphatic carbocycles. The highest BCUT2D eigenvalue weighted by molar-refractivity contribution is 5.89. The Kier molecular flexibility index (Phi) is 3.23. The Morgan fingerprint density at radius 1 is 1.37 bits per heavy atom. The Balaban J connectivity index is 1.74. The number of carbonyl (C=O) groups excluding carboxylic acids is 1. The number of rotatable bonds is 3. The van der Waals surface area contributed by atoms with Gasteiger partial charge in [0.05, 0.1) is 11.9 Å². The van der Waals surface area contributed by atoms with Crippen molar-refractivity contribution in [3.8, 4) is 0 Å². The van der Waals surface area contributed by atoms with E-state index in [1.807, 2.05) is 6.07 Å². The first-order valence-corrected chi connectivity index (χ1v) is 6.78. The quantitative estimate of drug-likeness (QED) is 0.875. The van der Waals surface area contributed by atoms with E-state index in [-0.39, 0.29) is 11.7 Å². The maximum atomic E-state index is 13.5. The number of aromatic amines is 1. The van der Waals surface area contributed by atoms with Crippen molar-refractivity contribution in [3.05, 3.63) is 35.8 Å². The molecule has 0 atom stereocenters. The van der Waals surface area contributed by atoms with E-state index in [1.165, 1.54) is 18.9 Å². The standard InChI is InChI=1S/C15H17FN2O/c16-13-7-3-6-12-10(9-17-15(12)13)8-14(19)18-11-4-1-2-5-11/h3,6-7,9,11,17H,1-2,4-5,8H2,(H,18,19). The van der Waals surface area contributed by atoms with E-state index in [2.05, 4.69) is 10.3 Å². The number of H-pyrrole nitrogens is 1. The zero-order chi connectivity index (χ0) is 13.2. The highest BCUT2D eigenvalue weighted by atomic mass is 19.1. The molecule has 3 rings (SSSR count). The van der Waals surface area contributed by atoms with Crippen LogP contribution in [-0.2, 0) is 11.2 Å². The van der Waals surface area contributed by atoms with Gasteiger partial charge in [-0.1, -0.05) is 25.0 Å². The first-order valence-electron chi connectivity index (χ1n) is 6.78. The molecule has 1 fully saturated rings. The molecule has 1 heterocycles. The number of benzene rings is 1. The number of nitrogens with one attached hydrogen (secondary N) is 2. The third-order valence-electron chi connectivity index (χ3n) is 3.82. The van der Waals surface area contributed by atoms with Gasteiger partial charge in [0.2, 0.25) is 5.91 Å². The molecule has 1 aromatic carbocycles. The Morgan fingerprint density at radius 3 is 2.95 bits per heavy atom. The van der Waals surface area contributed by atoms with Crippen LogP contribution in [0.3, 0.4) is 0 Å². The lowest BCUT2D eigenvalue weighted by Crippen LogP contribution is -2.33. The summed E-state index contributed by atoms with van der Waals surface area (Å²) in [7, 11) is 0. The summed E-state index contributed by atoms with van der Waals surface area (Å²) < 4.78 is 13.5. The largest absolute Gasteiger partial charge is 0.359 e. The van der Waals surface area contributed by atoms with Crippen LogP contribution >= 0.6 is 0 Å². The van der Waals surface area contributed by atoms with Gasteiger partial charge in [0.15, 0.2) is 0 Å². The molecule has 0 saturated heterocycles. The zero-order valence-corrected chi connectivity index (χ0v) is 10.7. The van der Waals surface area contributed by atoms with Crippen LogP contribution < -0.4 is 5.32 Å². The second-order valence-electron chi connectivity index (χ2n) is 5.20. The Hall–Kier alpha value is -1.84. The van der Waals surface area contributed by atoms with E-state index in [1.54, 1.807) is 12.3 Å². The van der Waals surface area contributed by atoms with Crippen molar-refractivity contribution in [3.63, 3.8) is 0 Å². The Morgan fingerprint density at radius 2 is 2.16 bits per heavy atom. The van der Waals surface area contributed by atoms with Crippen LogP contribution in [-0.4, -0.2) is 16.9 Å². The molecule has 0 aliphatic heterocycles. The summed E-state index contributed by atoms with van der Waals surface area (Å²) in [5.74, 6) is -0.253. The molecule has 4 heteroatoms. The number of fused-ring (bicyclic) bond motifs is 1. The van der Waals surface area contributed by atoms with E-state index in [0.29, 0.717) is 18.0 Å². The fourth-order valence-corrected chi connectivity index (χ4v) is 2.84. The second kappa shape index (κ2) is 5.03. The third-order valence-corrected chi connectivity index (χ3v) is 3.82. The van der Waals surface area contributed by atoms with Gasteiger partial charge in [-0.15, -0.1) is 0 Å². The molecule has 2 N–H and O–H groups in total. The van der Waals surface area contributed by atoms with Crippen molar-refractivity contribution in [2.75, 3.05) is 0 Å². The van der Waals surface area contributed by atoms with Crippen molar-refractivity contribution in [1.29, 1.82) is 0 Å². The van der Waals surface area contributed by atoms with Crippen LogP contribution in [0, 0.1) is 5.82 Å². The number of halogens is 1. The molecule has 0 spiro atoms. The third kappa shape index (κ3) is 2.48. The van der Waals surface area contributed by atoms with Crippen LogP contribution in [0.4, 0.5) is 4.39 Å². The molecule has 3 nitrogen and oxygen atoms in total. The number of carbonyl (C=O) groups is 1. The normalized spacial score (nSPS) is 16.1. The average molecular weight is 260 g/mol. The lowest BCUT2D eigenvalue weighted by Gasteiger charge is -2.11. The van der Waals surface area contributed by atoms with Gasteiger partial charge in [0, 0.05) is 17.6 Å². The zero-order valence-electron chi connectivity index (χ0n) is 10.7. The summed E-state index contributed by atoms with van der Waals surface area (Å²) in [6, 6.07) is 5.26. The second-order valence-corrected chi connectivity index (χ2v) is 5.20. The summed E-state index contributed by atoms with van der Waals surface area (Å²) in [4.78, 5) is 14.9. The molecule has 0 bridgehead atoms. The first-order chi connectivity index (χ1) is 9.24. The summed E-state index contributed by atoms with van der Waals surface area (Å²) in [6.45, 7) is 0. The van der Waals surface area contributed by atoms with Crippen LogP contribution in [0.15, 0.2) is 24.4 Å². The van der Waals surface area contributed by atoms with Crippen LogP contribution in [0.2, 0.25) is 0 Å². The molecule has 2 aromatic rings. The van der Waals surface area contributed by atoms with Crippen molar-refractivity contribution >= 4 is 16.8 Å². The van der Waals surface area contributed by atoms with Gasteiger partial charge in [-0.2, -0.15) is 0 Å². The fraction of sp³-hybridized carbons (Fsp3) is 0.400. The van der Waals surface area contributed by atoms with E-state index in [0.717, 1.165) is 23.8 Å². The van der Waals surface area contributed by atoms with Gasteiger partial charge in [0.1, 0.15) is 5.82 Å². The minimum absolute atomic E-state index is 0.0251. The highest BCUT2D eigenvalue weighted by Gasteiger charge is 2.18. The number of aromatic nitrogens is 1. The van der Waals surface area contributed by atoms with Gasteiger partial charge < -0.3 is 10.3 Å². The molecule has 1 amide bonds. The van der Waals surface area contributed by atoms with E-state index in [9.17, 15) is 9.18 Å². The molecule has 1 saturated carbocycles. The van der Waals surface area contributed by atoms with Gasteiger partial charge in [-0.3, -0.25) is 4.79 Å².